The number of benzene rings is 1. The van der Waals surface area contributed by atoms with Gasteiger partial charge in [-0.1, -0.05) is 23.8 Å². The van der Waals surface area contributed by atoms with Crippen LogP contribution in [0.25, 0.3) is 6.08 Å². The molecule has 2 rings (SSSR count). The van der Waals surface area contributed by atoms with Crippen LogP contribution in [-0.2, 0) is 14.3 Å². The van der Waals surface area contributed by atoms with Gasteiger partial charge in [-0.25, -0.2) is 4.79 Å². The molecular weight excluding hydrogens is 348 g/mol. The molecule has 0 aliphatic heterocycles. The van der Waals surface area contributed by atoms with Gasteiger partial charge in [0.05, 0.1) is 4.92 Å². The van der Waals surface area contributed by atoms with E-state index < -0.39 is 17.0 Å². The Balaban J connectivity index is 1.76. The summed E-state index contributed by atoms with van der Waals surface area (Å²) in [6, 6.07) is 5.87. The van der Waals surface area contributed by atoms with Crippen LogP contribution in [0.4, 0.5) is 5.69 Å². The summed E-state index contributed by atoms with van der Waals surface area (Å²) in [5.74, 6) is -1.03. The summed E-state index contributed by atoms with van der Waals surface area (Å²) >= 11 is 0. The number of nitro groups is 1. The minimum Gasteiger partial charge on any atom is -0.449 e. The zero-order valence-electron chi connectivity index (χ0n) is 15.3. The molecule has 0 aromatic heterocycles. The van der Waals surface area contributed by atoms with Crippen LogP contribution in [0.5, 0.6) is 0 Å². The quantitative estimate of drug-likeness (QED) is 0.247. The van der Waals surface area contributed by atoms with Crippen molar-refractivity contribution in [2.75, 3.05) is 6.54 Å². The Labute approximate surface area is 158 Å². The summed E-state index contributed by atoms with van der Waals surface area (Å²) in [6.07, 6.45) is 9.32. The molecule has 7 heteroatoms. The number of amides is 1. The van der Waals surface area contributed by atoms with Crippen molar-refractivity contribution in [3.63, 3.8) is 0 Å². The molecule has 0 saturated carbocycles. The summed E-state index contributed by atoms with van der Waals surface area (Å²) in [5, 5.41) is 13.5. The Morgan fingerprint density at radius 2 is 2.19 bits per heavy atom. The maximum absolute atomic E-state index is 12.0. The highest BCUT2D eigenvalue weighted by Crippen LogP contribution is 2.19. The summed E-state index contributed by atoms with van der Waals surface area (Å²) < 4.78 is 5.07. The monoisotopic (exact) mass is 372 g/mol. The molecular formula is C20H24N2O5. The molecule has 1 aromatic rings. The van der Waals surface area contributed by atoms with Crippen LogP contribution in [0, 0.1) is 10.1 Å². The van der Waals surface area contributed by atoms with E-state index in [4.69, 9.17) is 4.74 Å². The van der Waals surface area contributed by atoms with Crippen molar-refractivity contribution in [3.8, 4) is 0 Å². The second kappa shape index (κ2) is 10.3. The Bertz CT molecular complexity index is 754. The van der Waals surface area contributed by atoms with Gasteiger partial charge in [-0.3, -0.25) is 14.9 Å². The SMILES string of the molecule is C[C@@H](OC(=O)/C=C/c1cccc([N+](=O)[O-])c1)C(=O)NCCC1=CCCCC1. The van der Waals surface area contributed by atoms with Gasteiger partial charge < -0.3 is 10.1 Å². The number of carbonyl (C=O) groups is 2. The lowest BCUT2D eigenvalue weighted by molar-refractivity contribution is -0.384. The first-order valence-corrected chi connectivity index (χ1v) is 9.04. The highest BCUT2D eigenvalue weighted by molar-refractivity contribution is 5.90. The summed E-state index contributed by atoms with van der Waals surface area (Å²) in [7, 11) is 0. The molecule has 0 unspecified atom stereocenters. The second-order valence-electron chi connectivity index (χ2n) is 6.41. The lowest BCUT2D eigenvalue weighted by Gasteiger charge is -2.15. The van der Waals surface area contributed by atoms with E-state index in [0.717, 1.165) is 25.3 Å². The zero-order chi connectivity index (χ0) is 19.6. The number of ether oxygens (including phenoxy) is 1. The fraction of sp³-hybridized carbons (Fsp3) is 0.400. The van der Waals surface area contributed by atoms with Crippen LogP contribution in [0.15, 0.2) is 42.0 Å². The first-order chi connectivity index (χ1) is 13.0. The highest BCUT2D eigenvalue weighted by atomic mass is 16.6. The molecule has 1 aromatic carbocycles. The van der Waals surface area contributed by atoms with Crippen molar-refractivity contribution in [2.24, 2.45) is 0 Å². The second-order valence-corrected chi connectivity index (χ2v) is 6.41. The lowest BCUT2D eigenvalue weighted by atomic mass is 9.97. The largest absolute Gasteiger partial charge is 0.449 e. The fourth-order valence-electron chi connectivity index (χ4n) is 2.80. The van der Waals surface area contributed by atoms with Gasteiger partial charge in [-0.15, -0.1) is 0 Å². The van der Waals surface area contributed by atoms with E-state index in [-0.39, 0.29) is 11.6 Å². The van der Waals surface area contributed by atoms with Crippen LogP contribution in [0.2, 0.25) is 0 Å². The maximum Gasteiger partial charge on any atom is 0.331 e. The van der Waals surface area contributed by atoms with E-state index in [1.165, 1.54) is 49.6 Å². The average Bonchev–Trinajstić information content (AvgIpc) is 2.67. The van der Waals surface area contributed by atoms with Gasteiger partial charge in [0.2, 0.25) is 0 Å². The van der Waals surface area contributed by atoms with E-state index in [9.17, 15) is 19.7 Å². The molecule has 27 heavy (non-hydrogen) atoms. The van der Waals surface area contributed by atoms with E-state index in [2.05, 4.69) is 11.4 Å². The average molecular weight is 372 g/mol. The Kier molecular flexibility index (Phi) is 7.73. The molecule has 7 nitrogen and oxygen atoms in total. The molecule has 0 spiro atoms. The molecule has 0 saturated heterocycles. The number of esters is 1. The number of nitrogens with one attached hydrogen (secondary N) is 1. The van der Waals surface area contributed by atoms with Gasteiger partial charge in [-0.05, 0) is 50.7 Å². The third-order valence-corrected chi connectivity index (χ3v) is 4.29. The summed E-state index contributed by atoms with van der Waals surface area (Å²) in [5.41, 5.74) is 1.80. The standard InChI is InChI=1S/C20H24N2O5/c1-15(20(24)21-13-12-16-6-3-2-4-7-16)27-19(23)11-10-17-8-5-9-18(14-17)22(25)26/h5-6,8-11,14-15H,2-4,7,12-13H2,1H3,(H,21,24)/b11-10+/t15-/m1/s1. The van der Waals surface area contributed by atoms with Crippen molar-refractivity contribution in [3.05, 3.63) is 57.7 Å². The molecule has 0 fully saturated rings. The van der Waals surface area contributed by atoms with Gasteiger partial charge in [0.15, 0.2) is 6.10 Å². The summed E-state index contributed by atoms with van der Waals surface area (Å²) in [4.78, 5) is 34.1. The van der Waals surface area contributed by atoms with E-state index >= 15 is 0 Å². The lowest BCUT2D eigenvalue weighted by Crippen LogP contribution is -2.36. The Hall–Kier alpha value is -2.96. The van der Waals surface area contributed by atoms with Gasteiger partial charge in [-0.2, -0.15) is 0 Å². The van der Waals surface area contributed by atoms with Crippen molar-refractivity contribution >= 4 is 23.6 Å². The smallest absolute Gasteiger partial charge is 0.331 e. The maximum atomic E-state index is 12.0. The van der Waals surface area contributed by atoms with Gasteiger partial charge in [0.25, 0.3) is 11.6 Å². The highest BCUT2D eigenvalue weighted by Gasteiger charge is 2.16. The molecule has 144 valence electrons. The number of nitrogens with zero attached hydrogens (tertiary/aromatic N) is 1. The number of non-ortho nitro benzene ring substituents is 1. The first-order valence-electron chi connectivity index (χ1n) is 9.04. The van der Waals surface area contributed by atoms with Gasteiger partial charge in [0.1, 0.15) is 0 Å². The molecule has 0 heterocycles. The fourth-order valence-corrected chi connectivity index (χ4v) is 2.80. The van der Waals surface area contributed by atoms with Crippen LogP contribution < -0.4 is 5.32 Å². The van der Waals surface area contributed by atoms with Crippen molar-refractivity contribution in [1.82, 2.24) is 5.32 Å². The number of rotatable bonds is 8. The topological polar surface area (TPSA) is 98.5 Å². The van der Waals surface area contributed by atoms with Crippen LogP contribution in [0.3, 0.4) is 0 Å². The number of hydrogen-bond acceptors (Lipinski definition) is 5. The molecule has 0 bridgehead atoms. The third-order valence-electron chi connectivity index (χ3n) is 4.29. The van der Waals surface area contributed by atoms with Crippen molar-refractivity contribution in [1.29, 1.82) is 0 Å². The predicted molar refractivity (Wildman–Crippen MR) is 102 cm³/mol. The third kappa shape index (κ3) is 7.05. The Morgan fingerprint density at radius 1 is 1.37 bits per heavy atom. The van der Waals surface area contributed by atoms with Gasteiger partial charge >= 0.3 is 5.97 Å². The predicted octanol–water partition coefficient (Wildman–Crippen LogP) is 3.55. The Morgan fingerprint density at radius 3 is 2.89 bits per heavy atom. The van der Waals surface area contributed by atoms with E-state index in [0.29, 0.717) is 12.1 Å². The molecule has 1 atom stereocenters. The number of carbonyl (C=O) groups excluding carboxylic acids is 2. The minimum atomic E-state index is -0.910. The van der Waals surface area contributed by atoms with Crippen molar-refractivity contribution in [2.45, 2.75) is 45.1 Å². The van der Waals surface area contributed by atoms with Crippen molar-refractivity contribution < 1.29 is 19.2 Å². The van der Waals surface area contributed by atoms with Crippen LogP contribution in [-0.4, -0.2) is 29.4 Å². The van der Waals surface area contributed by atoms with E-state index in [1.54, 1.807) is 6.07 Å². The number of hydrogen-bond donors (Lipinski definition) is 1. The zero-order valence-corrected chi connectivity index (χ0v) is 15.3. The number of nitro benzene ring substituents is 1. The molecule has 0 radical (unpaired) electrons. The molecule has 1 aliphatic rings. The van der Waals surface area contributed by atoms with Crippen LogP contribution >= 0.6 is 0 Å². The minimum absolute atomic E-state index is 0.0636. The molecule has 1 N–H and O–H groups in total. The summed E-state index contributed by atoms with van der Waals surface area (Å²) in [6.45, 7) is 2.03. The molecule has 1 amide bonds. The van der Waals surface area contributed by atoms with Crippen LogP contribution in [0.1, 0.15) is 44.6 Å². The van der Waals surface area contributed by atoms with E-state index in [1.807, 2.05) is 0 Å². The molecule has 1 aliphatic carbocycles. The normalized spacial score (nSPS) is 15.1. The first kappa shape index (κ1) is 20.4. The van der Waals surface area contributed by atoms with Gasteiger partial charge in [0, 0.05) is 24.8 Å². The number of allylic oxidation sites excluding steroid dienone is 1.